The lowest BCUT2D eigenvalue weighted by atomic mass is 10.3. The molecular formula is C9H7N7OS. The molecule has 0 bridgehead atoms. The van der Waals surface area contributed by atoms with Gasteiger partial charge >= 0.3 is 0 Å². The minimum absolute atomic E-state index is 0.00578. The Balaban J connectivity index is 2.35. The molecule has 0 aliphatic rings. The van der Waals surface area contributed by atoms with Crippen molar-refractivity contribution >= 4 is 34.0 Å². The van der Waals surface area contributed by atoms with Gasteiger partial charge in [0.2, 0.25) is 0 Å². The normalized spacial score (nSPS) is 10.9. The molecule has 3 aromatic rings. The predicted octanol–water partition coefficient (Wildman–Crippen LogP) is -0.774. The highest BCUT2D eigenvalue weighted by atomic mass is 32.1. The van der Waals surface area contributed by atoms with E-state index >= 15 is 0 Å². The molecule has 3 rings (SSSR count). The SMILES string of the molecule is NC(=S)Nn1ccc2c(cnc3ncnn32)c1=O. The number of nitrogens with one attached hydrogen (secondary N) is 1. The molecule has 0 aromatic carbocycles. The first-order valence-electron chi connectivity index (χ1n) is 4.93. The lowest BCUT2D eigenvalue weighted by Gasteiger charge is -2.08. The van der Waals surface area contributed by atoms with Crippen molar-refractivity contribution in [3.63, 3.8) is 0 Å². The van der Waals surface area contributed by atoms with Gasteiger partial charge in [0.05, 0.1) is 10.9 Å². The Kier molecular flexibility index (Phi) is 2.20. The van der Waals surface area contributed by atoms with Gasteiger partial charge in [0.25, 0.3) is 11.3 Å². The van der Waals surface area contributed by atoms with E-state index in [9.17, 15) is 4.79 Å². The van der Waals surface area contributed by atoms with Crippen LogP contribution in [0.3, 0.4) is 0 Å². The molecule has 3 aromatic heterocycles. The van der Waals surface area contributed by atoms with Crippen molar-refractivity contribution in [1.82, 2.24) is 24.3 Å². The fourth-order valence-electron chi connectivity index (χ4n) is 1.67. The highest BCUT2D eigenvalue weighted by molar-refractivity contribution is 7.80. The molecular weight excluding hydrogens is 254 g/mol. The van der Waals surface area contributed by atoms with E-state index in [1.807, 2.05) is 0 Å². The molecule has 0 aliphatic heterocycles. The Morgan fingerprint density at radius 1 is 1.44 bits per heavy atom. The van der Waals surface area contributed by atoms with Gasteiger partial charge in [-0.15, -0.1) is 0 Å². The summed E-state index contributed by atoms with van der Waals surface area (Å²) in [5.41, 5.74) is 8.18. The first-order chi connectivity index (χ1) is 8.66. The van der Waals surface area contributed by atoms with Crippen LogP contribution in [0.25, 0.3) is 16.7 Å². The molecule has 0 spiro atoms. The standard InChI is InChI=1S/C9H7N7OS/c10-8(18)14-15-2-1-6-5(7(15)17)3-11-9-12-4-13-16(6)9/h1-4H,(H3,10,14,18). The van der Waals surface area contributed by atoms with Crippen LogP contribution >= 0.6 is 12.2 Å². The maximum atomic E-state index is 12.1. The molecule has 0 aliphatic carbocycles. The smallest absolute Gasteiger partial charge is 0.280 e. The van der Waals surface area contributed by atoms with E-state index < -0.39 is 0 Å². The summed E-state index contributed by atoms with van der Waals surface area (Å²) in [5.74, 6) is 0.432. The van der Waals surface area contributed by atoms with Crippen LogP contribution in [-0.2, 0) is 0 Å². The van der Waals surface area contributed by atoms with Crippen LogP contribution in [0.5, 0.6) is 0 Å². The summed E-state index contributed by atoms with van der Waals surface area (Å²) in [7, 11) is 0. The largest absolute Gasteiger partial charge is 0.375 e. The third-order valence-corrected chi connectivity index (χ3v) is 2.50. The maximum Gasteiger partial charge on any atom is 0.280 e. The van der Waals surface area contributed by atoms with Crippen LogP contribution < -0.4 is 16.7 Å². The molecule has 0 amide bonds. The Morgan fingerprint density at radius 3 is 3.06 bits per heavy atom. The fourth-order valence-corrected chi connectivity index (χ4v) is 1.77. The molecule has 0 fully saturated rings. The molecule has 8 nitrogen and oxygen atoms in total. The first-order valence-corrected chi connectivity index (χ1v) is 5.34. The zero-order chi connectivity index (χ0) is 12.7. The topological polar surface area (TPSA) is 103 Å². The molecule has 9 heteroatoms. The highest BCUT2D eigenvalue weighted by Crippen LogP contribution is 2.08. The summed E-state index contributed by atoms with van der Waals surface area (Å²) < 4.78 is 2.68. The second kappa shape index (κ2) is 3.74. The lowest BCUT2D eigenvalue weighted by Crippen LogP contribution is -2.35. The van der Waals surface area contributed by atoms with E-state index in [2.05, 4.69) is 32.7 Å². The van der Waals surface area contributed by atoms with Gasteiger partial charge in [0.15, 0.2) is 5.11 Å². The minimum atomic E-state index is -0.315. The molecule has 0 radical (unpaired) electrons. The number of fused-ring (bicyclic) bond motifs is 3. The molecule has 0 unspecified atom stereocenters. The predicted molar refractivity (Wildman–Crippen MR) is 68.7 cm³/mol. The molecule has 0 atom stereocenters. The summed E-state index contributed by atoms with van der Waals surface area (Å²) in [4.78, 5) is 20.1. The summed E-state index contributed by atoms with van der Waals surface area (Å²) in [5, 5.41) is 4.40. The second-order valence-electron chi connectivity index (χ2n) is 3.50. The number of nitrogens with zero attached hydrogens (tertiary/aromatic N) is 5. The summed E-state index contributed by atoms with van der Waals surface area (Å²) in [6.07, 6.45) is 4.34. The Bertz CT molecular complexity index is 821. The number of pyridine rings is 1. The monoisotopic (exact) mass is 261 g/mol. The lowest BCUT2D eigenvalue weighted by molar-refractivity contribution is 0.914. The number of thiocarbonyl (C=S) groups is 1. The zero-order valence-corrected chi connectivity index (χ0v) is 9.76. The van der Waals surface area contributed by atoms with E-state index in [-0.39, 0.29) is 10.7 Å². The quantitative estimate of drug-likeness (QED) is 0.554. The van der Waals surface area contributed by atoms with Crippen LogP contribution in [0.4, 0.5) is 0 Å². The van der Waals surface area contributed by atoms with Crippen molar-refractivity contribution in [2.24, 2.45) is 5.73 Å². The van der Waals surface area contributed by atoms with Crippen molar-refractivity contribution < 1.29 is 0 Å². The Hall–Kier alpha value is -2.55. The van der Waals surface area contributed by atoms with Crippen molar-refractivity contribution in [2.45, 2.75) is 0 Å². The van der Waals surface area contributed by atoms with Gasteiger partial charge in [-0.3, -0.25) is 10.2 Å². The maximum absolute atomic E-state index is 12.1. The van der Waals surface area contributed by atoms with Gasteiger partial charge < -0.3 is 5.73 Å². The van der Waals surface area contributed by atoms with Crippen molar-refractivity contribution in [1.29, 1.82) is 0 Å². The minimum Gasteiger partial charge on any atom is -0.375 e. The first kappa shape index (κ1) is 10.6. The number of aromatic nitrogens is 5. The van der Waals surface area contributed by atoms with Crippen LogP contribution in [0.15, 0.2) is 29.6 Å². The third kappa shape index (κ3) is 1.49. The van der Waals surface area contributed by atoms with Gasteiger partial charge in [-0.1, -0.05) is 0 Å². The fraction of sp³-hybridized carbons (Fsp3) is 0. The van der Waals surface area contributed by atoms with Crippen molar-refractivity contribution in [3.05, 3.63) is 35.1 Å². The summed E-state index contributed by atoms with van der Waals surface area (Å²) >= 11 is 4.69. The van der Waals surface area contributed by atoms with Gasteiger partial charge in [-0.25, -0.2) is 9.66 Å². The van der Waals surface area contributed by atoms with Crippen LogP contribution in [0, 0.1) is 0 Å². The Morgan fingerprint density at radius 2 is 2.28 bits per heavy atom. The van der Waals surface area contributed by atoms with E-state index in [0.717, 1.165) is 0 Å². The average molecular weight is 261 g/mol. The highest BCUT2D eigenvalue weighted by Gasteiger charge is 2.08. The number of hydrogen-bond donors (Lipinski definition) is 2. The van der Waals surface area contributed by atoms with Gasteiger partial charge in [-0.05, 0) is 18.3 Å². The molecule has 90 valence electrons. The summed E-state index contributed by atoms with van der Waals surface area (Å²) in [6, 6.07) is 1.70. The van der Waals surface area contributed by atoms with Crippen LogP contribution in [0.2, 0.25) is 0 Å². The molecule has 3 N–H and O–H groups in total. The van der Waals surface area contributed by atoms with Gasteiger partial charge in [0.1, 0.15) is 6.33 Å². The third-order valence-electron chi connectivity index (χ3n) is 2.40. The summed E-state index contributed by atoms with van der Waals surface area (Å²) in [6.45, 7) is 0. The van der Waals surface area contributed by atoms with Crippen LogP contribution in [-0.4, -0.2) is 29.4 Å². The van der Waals surface area contributed by atoms with E-state index in [1.54, 1.807) is 6.07 Å². The van der Waals surface area contributed by atoms with E-state index in [1.165, 1.54) is 27.9 Å². The second-order valence-corrected chi connectivity index (χ2v) is 3.94. The average Bonchev–Trinajstić information content (AvgIpc) is 2.80. The van der Waals surface area contributed by atoms with Gasteiger partial charge in [-0.2, -0.15) is 14.6 Å². The molecule has 18 heavy (non-hydrogen) atoms. The molecule has 0 saturated carbocycles. The molecule has 3 heterocycles. The van der Waals surface area contributed by atoms with E-state index in [4.69, 9.17) is 5.73 Å². The number of nitrogens with two attached hydrogens (primary N) is 1. The number of rotatable bonds is 1. The van der Waals surface area contributed by atoms with E-state index in [0.29, 0.717) is 16.7 Å². The Labute approximate surface area is 105 Å². The zero-order valence-electron chi connectivity index (χ0n) is 8.94. The molecule has 0 saturated heterocycles. The van der Waals surface area contributed by atoms with Crippen LogP contribution in [0.1, 0.15) is 0 Å². The number of hydrogen-bond acceptors (Lipinski definition) is 5. The van der Waals surface area contributed by atoms with Crippen molar-refractivity contribution in [2.75, 3.05) is 5.43 Å². The van der Waals surface area contributed by atoms with Gasteiger partial charge in [0, 0.05) is 12.4 Å². The van der Waals surface area contributed by atoms with Crippen molar-refractivity contribution in [3.8, 4) is 0 Å².